The van der Waals surface area contributed by atoms with E-state index >= 15 is 0 Å². The lowest BCUT2D eigenvalue weighted by Gasteiger charge is -2.11. The summed E-state index contributed by atoms with van der Waals surface area (Å²) in [5.74, 6) is 0.408. The predicted octanol–water partition coefficient (Wildman–Crippen LogP) is 1.39. The fourth-order valence-corrected chi connectivity index (χ4v) is 2.14. The number of amides is 2. The molecule has 1 rings (SSSR count). The van der Waals surface area contributed by atoms with E-state index in [4.69, 9.17) is 0 Å². The topological polar surface area (TPSA) is 70.2 Å². The third kappa shape index (κ3) is 7.72. The Bertz CT molecular complexity index is 462. The van der Waals surface area contributed by atoms with Crippen molar-refractivity contribution < 1.29 is 9.59 Å². The van der Waals surface area contributed by atoms with Crippen LogP contribution in [-0.2, 0) is 9.59 Å². The second-order valence-electron chi connectivity index (χ2n) is 4.90. The summed E-state index contributed by atoms with van der Waals surface area (Å²) in [6.45, 7) is 4.57. The summed E-state index contributed by atoms with van der Waals surface area (Å²) in [7, 11) is 1.85. The van der Waals surface area contributed by atoms with E-state index in [1.165, 1.54) is 11.8 Å². The summed E-state index contributed by atoms with van der Waals surface area (Å²) < 4.78 is 0. The highest BCUT2D eigenvalue weighted by Gasteiger charge is 2.07. The molecule has 3 N–H and O–H groups in total. The molecule has 0 fully saturated rings. The Morgan fingerprint density at radius 2 is 1.76 bits per heavy atom. The number of rotatable bonds is 8. The van der Waals surface area contributed by atoms with Gasteiger partial charge in [-0.3, -0.25) is 9.59 Å². The van der Waals surface area contributed by atoms with Crippen LogP contribution in [0.4, 0.5) is 5.69 Å². The van der Waals surface area contributed by atoms with E-state index < -0.39 is 0 Å². The summed E-state index contributed by atoms with van der Waals surface area (Å²) in [5.41, 5.74) is 1.92. The number of aryl methyl sites for hydroxylation is 1. The minimum atomic E-state index is -0.0970. The van der Waals surface area contributed by atoms with Crippen LogP contribution in [0.2, 0.25) is 0 Å². The van der Waals surface area contributed by atoms with E-state index in [0.717, 1.165) is 11.3 Å². The zero-order chi connectivity index (χ0) is 15.7. The number of anilines is 1. The summed E-state index contributed by atoms with van der Waals surface area (Å²) >= 11 is 1.31. The van der Waals surface area contributed by atoms with Gasteiger partial charge < -0.3 is 16.0 Å². The summed E-state index contributed by atoms with van der Waals surface area (Å²) in [6, 6.07) is 7.86. The molecule has 0 saturated carbocycles. The lowest BCUT2D eigenvalue weighted by atomic mass is 10.2. The predicted molar refractivity (Wildman–Crippen MR) is 88.7 cm³/mol. The molecule has 0 radical (unpaired) electrons. The van der Waals surface area contributed by atoms with E-state index in [0.29, 0.717) is 6.54 Å². The maximum Gasteiger partial charge on any atom is 0.234 e. The summed E-state index contributed by atoms with van der Waals surface area (Å²) in [4.78, 5) is 23.3. The van der Waals surface area contributed by atoms with Crippen molar-refractivity contribution in [1.82, 2.24) is 10.6 Å². The molecule has 0 saturated heterocycles. The average Bonchev–Trinajstić information content (AvgIpc) is 2.47. The second-order valence-corrected chi connectivity index (χ2v) is 5.89. The first-order valence-corrected chi connectivity index (χ1v) is 8.05. The minimum Gasteiger partial charge on any atom is -0.354 e. The maximum absolute atomic E-state index is 11.7. The smallest absolute Gasteiger partial charge is 0.234 e. The molecule has 1 aromatic carbocycles. The SMILES string of the molecule is CNC(C)CNC(=O)CSCC(=O)Nc1ccc(C)cc1. The highest BCUT2D eigenvalue weighted by atomic mass is 32.2. The number of likely N-dealkylation sites (N-methyl/N-ethyl adjacent to an activating group) is 1. The van der Waals surface area contributed by atoms with Crippen LogP contribution in [0.1, 0.15) is 12.5 Å². The molecule has 0 aliphatic carbocycles. The molecule has 0 bridgehead atoms. The van der Waals surface area contributed by atoms with Crippen LogP contribution in [-0.4, -0.2) is 43.0 Å². The molecular formula is C15H23N3O2S. The third-order valence-corrected chi connectivity index (χ3v) is 3.83. The standard InChI is InChI=1S/C15H23N3O2S/c1-11-4-6-13(7-5-11)18-15(20)10-21-9-14(19)17-8-12(2)16-3/h4-7,12,16H,8-10H2,1-3H3,(H,17,19)(H,18,20). The lowest BCUT2D eigenvalue weighted by molar-refractivity contribution is -0.118. The molecule has 0 aromatic heterocycles. The van der Waals surface area contributed by atoms with Crippen LogP contribution in [0.25, 0.3) is 0 Å². The van der Waals surface area contributed by atoms with Gasteiger partial charge in [0.25, 0.3) is 0 Å². The van der Waals surface area contributed by atoms with Gasteiger partial charge in [-0.25, -0.2) is 0 Å². The van der Waals surface area contributed by atoms with Crippen LogP contribution in [0, 0.1) is 6.92 Å². The largest absolute Gasteiger partial charge is 0.354 e. The number of hydrogen-bond donors (Lipinski definition) is 3. The Hall–Kier alpha value is -1.53. The monoisotopic (exact) mass is 309 g/mol. The number of thioether (sulfide) groups is 1. The van der Waals surface area contributed by atoms with Gasteiger partial charge in [0, 0.05) is 18.3 Å². The van der Waals surface area contributed by atoms with E-state index in [1.807, 2.05) is 45.2 Å². The molecular weight excluding hydrogens is 286 g/mol. The second kappa shape index (κ2) is 9.41. The molecule has 1 atom stereocenters. The van der Waals surface area contributed by atoms with Gasteiger partial charge in [0.05, 0.1) is 11.5 Å². The van der Waals surface area contributed by atoms with Gasteiger partial charge in [-0.2, -0.15) is 0 Å². The zero-order valence-corrected chi connectivity index (χ0v) is 13.5. The van der Waals surface area contributed by atoms with Crippen molar-refractivity contribution in [1.29, 1.82) is 0 Å². The molecule has 1 unspecified atom stereocenters. The van der Waals surface area contributed by atoms with E-state index in [9.17, 15) is 9.59 Å². The first-order chi connectivity index (χ1) is 10.0. The number of carbonyl (C=O) groups is 2. The summed E-state index contributed by atoms with van der Waals surface area (Å²) in [6.07, 6.45) is 0. The van der Waals surface area contributed by atoms with Crippen molar-refractivity contribution in [2.45, 2.75) is 19.9 Å². The van der Waals surface area contributed by atoms with Gasteiger partial charge >= 0.3 is 0 Å². The van der Waals surface area contributed by atoms with Crippen LogP contribution in [0.5, 0.6) is 0 Å². The quantitative estimate of drug-likeness (QED) is 0.679. The number of carbonyl (C=O) groups excluding carboxylic acids is 2. The average molecular weight is 309 g/mol. The molecule has 5 nitrogen and oxygen atoms in total. The molecule has 0 spiro atoms. The first kappa shape index (κ1) is 17.5. The molecule has 0 aliphatic rings. The molecule has 6 heteroatoms. The molecule has 116 valence electrons. The molecule has 1 aromatic rings. The fourth-order valence-electron chi connectivity index (χ4n) is 1.49. The molecule has 2 amide bonds. The van der Waals surface area contributed by atoms with Gasteiger partial charge in [0.1, 0.15) is 0 Å². The minimum absolute atomic E-state index is 0.0507. The van der Waals surface area contributed by atoms with Gasteiger partial charge in [0.2, 0.25) is 11.8 Å². The van der Waals surface area contributed by atoms with Crippen molar-refractivity contribution in [3.8, 4) is 0 Å². The normalized spacial score (nSPS) is 11.8. The molecule has 0 aliphatic heterocycles. The maximum atomic E-state index is 11.7. The van der Waals surface area contributed by atoms with E-state index in [-0.39, 0.29) is 29.4 Å². The molecule has 0 heterocycles. The highest BCUT2D eigenvalue weighted by Crippen LogP contribution is 2.09. The van der Waals surface area contributed by atoms with Gasteiger partial charge in [-0.1, -0.05) is 17.7 Å². The van der Waals surface area contributed by atoms with E-state index in [1.54, 1.807) is 0 Å². The Balaban J connectivity index is 2.18. The number of nitrogens with one attached hydrogen (secondary N) is 3. The van der Waals surface area contributed by atoms with Crippen molar-refractivity contribution in [2.75, 3.05) is 30.4 Å². The Morgan fingerprint density at radius 3 is 2.38 bits per heavy atom. The number of benzene rings is 1. The number of hydrogen-bond acceptors (Lipinski definition) is 4. The van der Waals surface area contributed by atoms with Crippen molar-refractivity contribution in [3.63, 3.8) is 0 Å². The van der Waals surface area contributed by atoms with Crippen molar-refractivity contribution in [3.05, 3.63) is 29.8 Å². The highest BCUT2D eigenvalue weighted by molar-refractivity contribution is 8.00. The van der Waals surface area contributed by atoms with Gasteiger partial charge in [-0.05, 0) is 33.0 Å². The van der Waals surface area contributed by atoms with Gasteiger partial charge in [0.15, 0.2) is 0 Å². The van der Waals surface area contributed by atoms with E-state index in [2.05, 4.69) is 16.0 Å². The molecule has 21 heavy (non-hydrogen) atoms. The van der Waals surface area contributed by atoms with Crippen molar-refractivity contribution >= 4 is 29.3 Å². The van der Waals surface area contributed by atoms with Crippen LogP contribution < -0.4 is 16.0 Å². The first-order valence-electron chi connectivity index (χ1n) is 6.89. The van der Waals surface area contributed by atoms with Crippen LogP contribution >= 0.6 is 11.8 Å². The third-order valence-electron chi connectivity index (χ3n) is 2.90. The fraction of sp³-hybridized carbons (Fsp3) is 0.467. The lowest BCUT2D eigenvalue weighted by Crippen LogP contribution is -2.38. The Kier molecular flexibility index (Phi) is 7.85. The van der Waals surface area contributed by atoms with Gasteiger partial charge in [-0.15, -0.1) is 11.8 Å². The zero-order valence-electron chi connectivity index (χ0n) is 12.7. The summed E-state index contributed by atoms with van der Waals surface area (Å²) in [5, 5.41) is 8.65. The van der Waals surface area contributed by atoms with Crippen LogP contribution in [0.15, 0.2) is 24.3 Å². The van der Waals surface area contributed by atoms with Crippen molar-refractivity contribution in [2.24, 2.45) is 0 Å². The Morgan fingerprint density at radius 1 is 1.14 bits per heavy atom. The van der Waals surface area contributed by atoms with Crippen LogP contribution in [0.3, 0.4) is 0 Å². The Labute approximate surface area is 130 Å².